The zero-order valence-electron chi connectivity index (χ0n) is 11.7. The number of thiazole rings is 1. The zero-order chi connectivity index (χ0) is 14.4. The van der Waals surface area contributed by atoms with Gasteiger partial charge in [0.05, 0.1) is 6.61 Å². The molecule has 0 saturated heterocycles. The molecule has 1 aromatic carbocycles. The molecule has 4 nitrogen and oxygen atoms in total. The summed E-state index contributed by atoms with van der Waals surface area (Å²) in [6, 6.07) is 7.13. The molecule has 0 unspecified atom stereocenters. The summed E-state index contributed by atoms with van der Waals surface area (Å²) in [5.74, 6) is 0.555. The molecule has 0 aliphatic carbocycles. The summed E-state index contributed by atoms with van der Waals surface area (Å²) >= 11 is 1.44. The number of aromatic nitrogens is 1. The van der Waals surface area contributed by atoms with E-state index in [1.54, 1.807) is 12.1 Å². The Kier molecular flexibility index (Phi) is 5.12. The van der Waals surface area contributed by atoms with Gasteiger partial charge >= 0.3 is 0 Å². The molecule has 0 fully saturated rings. The quantitative estimate of drug-likeness (QED) is 0.794. The number of hydrogen-bond donors (Lipinski definition) is 0. The molecule has 1 amide bonds. The van der Waals surface area contributed by atoms with Gasteiger partial charge in [-0.15, -0.1) is 11.3 Å². The highest BCUT2D eigenvalue weighted by Crippen LogP contribution is 2.13. The molecule has 2 aromatic rings. The van der Waals surface area contributed by atoms with Crippen LogP contribution in [0.15, 0.2) is 40.8 Å². The van der Waals surface area contributed by atoms with E-state index in [2.05, 4.69) is 11.9 Å². The van der Waals surface area contributed by atoms with Crippen LogP contribution in [0.1, 0.15) is 30.1 Å². The Morgan fingerprint density at radius 3 is 2.70 bits per heavy atom. The molecular weight excluding hydrogens is 272 g/mol. The second-order valence-corrected chi connectivity index (χ2v) is 5.31. The Hall–Kier alpha value is -1.88. The Morgan fingerprint density at radius 2 is 2.10 bits per heavy atom. The average molecular weight is 290 g/mol. The molecule has 0 spiro atoms. The number of hydrogen-bond acceptors (Lipinski definition) is 3. The number of aryl methyl sites for hydroxylation is 1. The molecule has 2 rings (SSSR count). The molecule has 5 heteroatoms. The van der Waals surface area contributed by atoms with Crippen LogP contribution in [0.25, 0.3) is 0 Å². The number of rotatable bonds is 5. The van der Waals surface area contributed by atoms with E-state index >= 15 is 0 Å². The van der Waals surface area contributed by atoms with Crippen molar-refractivity contribution in [3.05, 3.63) is 46.2 Å². The third-order valence-corrected chi connectivity index (χ3v) is 3.67. The van der Waals surface area contributed by atoms with Crippen LogP contribution < -0.4 is 9.54 Å². The maximum Gasteiger partial charge on any atom is 0.279 e. The van der Waals surface area contributed by atoms with Gasteiger partial charge in [0.2, 0.25) is 0 Å². The largest absolute Gasteiger partial charge is 0.494 e. The van der Waals surface area contributed by atoms with E-state index in [0.717, 1.165) is 18.6 Å². The predicted molar refractivity (Wildman–Crippen MR) is 80.0 cm³/mol. The van der Waals surface area contributed by atoms with Crippen molar-refractivity contribution in [2.24, 2.45) is 12.0 Å². The van der Waals surface area contributed by atoms with Crippen LogP contribution in [0.3, 0.4) is 0 Å². The Balaban J connectivity index is 2.06. The lowest BCUT2D eigenvalue weighted by molar-refractivity contribution is 0.0998. The smallest absolute Gasteiger partial charge is 0.279 e. The van der Waals surface area contributed by atoms with E-state index in [-0.39, 0.29) is 5.91 Å². The first-order valence-electron chi connectivity index (χ1n) is 6.62. The highest BCUT2D eigenvalue weighted by Gasteiger charge is 2.04. The summed E-state index contributed by atoms with van der Waals surface area (Å²) in [7, 11) is 1.87. The van der Waals surface area contributed by atoms with Crippen molar-refractivity contribution < 1.29 is 9.53 Å². The van der Waals surface area contributed by atoms with E-state index in [0.29, 0.717) is 17.0 Å². The van der Waals surface area contributed by atoms with Crippen LogP contribution in [0.4, 0.5) is 0 Å². The van der Waals surface area contributed by atoms with E-state index < -0.39 is 0 Å². The Morgan fingerprint density at radius 1 is 1.35 bits per heavy atom. The van der Waals surface area contributed by atoms with Gasteiger partial charge in [0.25, 0.3) is 5.91 Å². The van der Waals surface area contributed by atoms with E-state index in [1.165, 1.54) is 11.3 Å². The lowest BCUT2D eigenvalue weighted by atomic mass is 10.2. The molecule has 0 aliphatic heterocycles. The van der Waals surface area contributed by atoms with Gasteiger partial charge in [-0.3, -0.25) is 4.79 Å². The van der Waals surface area contributed by atoms with Gasteiger partial charge in [-0.1, -0.05) is 13.3 Å². The second kappa shape index (κ2) is 7.05. The van der Waals surface area contributed by atoms with Gasteiger partial charge in [0, 0.05) is 24.2 Å². The molecule has 0 atom stereocenters. The molecule has 0 radical (unpaired) electrons. The van der Waals surface area contributed by atoms with Crippen molar-refractivity contribution in [2.45, 2.75) is 19.8 Å². The topological polar surface area (TPSA) is 43.6 Å². The van der Waals surface area contributed by atoms with E-state index in [1.807, 2.05) is 35.3 Å². The Labute approximate surface area is 122 Å². The van der Waals surface area contributed by atoms with E-state index in [4.69, 9.17) is 4.74 Å². The SMILES string of the molecule is CCCCOc1ccc(C(=O)N=c2sccn2C)cc1. The van der Waals surface area contributed by atoms with Crippen molar-refractivity contribution in [1.29, 1.82) is 0 Å². The molecule has 20 heavy (non-hydrogen) atoms. The van der Waals surface area contributed by atoms with Crippen molar-refractivity contribution in [3.63, 3.8) is 0 Å². The van der Waals surface area contributed by atoms with Crippen LogP contribution in [-0.2, 0) is 7.05 Å². The molecule has 0 bridgehead atoms. The summed E-state index contributed by atoms with van der Waals surface area (Å²) < 4.78 is 7.39. The second-order valence-electron chi connectivity index (χ2n) is 4.44. The van der Waals surface area contributed by atoms with Crippen LogP contribution in [-0.4, -0.2) is 17.1 Å². The first kappa shape index (κ1) is 14.5. The fourth-order valence-corrected chi connectivity index (χ4v) is 2.34. The molecule has 106 valence electrons. The van der Waals surface area contributed by atoms with Crippen molar-refractivity contribution in [2.75, 3.05) is 6.61 Å². The first-order chi connectivity index (χ1) is 9.70. The number of nitrogens with zero attached hydrogens (tertiary/aromatic N) is 2. The number of unbranched alkanes of at least 4 members (excludes halogenated alkanes) is 1. The highest BCUT2D eigenvalue weighted by atomic mass is 32.1. The zero-order valence-corrected chi connectivity index (χ0v) is 12.5. The van der Waals surface area contributed by atoms with Gasteiger partial charge in [0.15, 0.2) is 4.80 Å². The first-order valence-corrected chi connectivity index (χ1v) is 7.50. The summed E-state index contributed by atoms with van der Waals surface area (Å²) in [6.45, 7) is 2.83. The minimum atomic E-state index is -0.233. The van der Waals surface area contributed by atoms with Crippen LogP contribution >= 0.6 is 11.3 Å². The number of carbonyl (C=O) groups is 1. The third-order valence-electron chi connectivity index (χ3n) is 2.82. The summed E-state index contributed by atoms with van der Waals surface area (Å²) in [6.07, 6.45) is 4.01. The maximum atomic E-state index is 12.0. The van der Waals surface area contributed by atoms with Crippen molar-refractivity contribution >= 4 is 17.2 Å². The number of benzene rings is 1. The van der Waals surface area contributed by atoms with Crippen molar-refractivity contribution in [3.8, 4) is 5.75 Å². The van der Waals surface area contributed by atoms with Crippen LogP contribution in [0, 0.1) is 0 Å². The standard InChI is InChI=1S/C15H18N2O2S/c1-3-4-10-19-13-7-5-12(6-8-13)14(18)16-15-17(2)9-11-20-15/h5-9,11H,3-4,10H2,1-2H3. The minimum Gasteiger partial charge on any atom is -0.494 e. The summed E-state index contributed by atoms with van der Waals surface area (Å²) in [4.78, 5) is 16.8. The monoisotopic (exact) mass is 290 g/mol. The minimum absolute atomic E-state index is 0.233. The van der Waals surface area contributed by atoms with Gasteiger partial charge in [-0.25, -0.2) is 0 Å². The van der Waals surface area contributed by atoms with Gasteiger partial charge in [-0.2, -0.15) is 4.99 Å². The molecule has 1 aromatic heterocycles. The number of amides is 1. The molecule has 0 aliphatic rings. The lowest BCUT2D eigenvalue weighted by Gasteiger charge is -2.05. The molecule has 0 N–H and O–H groups in total. The predicted octanol–water partition coefficient (Wildman–Crippen LogP) is 3.01. The van der Waals surface area contributed by atoms with Gasteiger partial charge in [-0.05, 0) is 30.7 Å². The lowest BCUT2D eigenvalue weighted by Crippen LogP contribution is -2.12. The summed E-state index contributed by atoms with van der Waals surface area (Å²) in [5.41, 5.74) is 0.571. The van der Waals surface area contributed by atoms with E-state index in [9.17, 15) is 4.79 Å². The van der Waals surface area contributed by atoms with Gasteiger partial charge in [0.1, 0.15) is 5.75 Å². The molecule has 0 saturated carbocycles. The molecular formula is C15H18N2O2S. The van der Waals surface area contributed by atoms with Gasteiger partial charge < -0.3 is 9.30 Å². The fourth-order valence-electron chi connectivity index (χ4n) is 1.61. The highest BCUT2D eigenvalue weighted by molar-refractivity contribution is 7.07. The van der Waals surface area contributed by atoms with Crippen molar-refractivity contribution in [1.82, 2.24) is 4.57 Å². The summed E-state index contributed by atoms with van der Waals surface area (Å²) in [5, 5.41) is 1.90. The number of carbonyl (C=O) groups excluding carboxylic acids is 1. The van der Waals surface area contributed by atoms with Crippen LogP contribution in [0.2, 0.25) is 0 Å². The maximum absolute atomic E-state index is 12.0. The average Bonchev–Trinajstić information content (AvgIpc) is 2.85. The Bertz CT molecular complexity index is 626. The normalized spacial score (nSPS) is 11.6. The fraction of sp³-hybridized carbons (Fsp3) is 0.333. The number of ether oxygens (including phenoxy) is 1. The van der Waals surface area contributed by atoms with Crippen LogP contribution in [0.5, 0.6) is 5.75 Å². The molecule has 1 heterocycles. The third kappa shape index (κ3) is 3.81.